The second-order valence-electron chi connectivity index (χ2n) is 10.1. The Hall–Kier alpha value is -3.45. The number of piperidine rings is 1. The maximum atomic E-state index is 13.8. The summed E-state index contributed by atoms with van der Waals surface area (Å²) in [4.78, 5) is 27.5. The smallest absolute Gasteiger partial charge is 0.231 e. The Morgan fingerprint density at radius 1 is 0.919 bits per heavy atom. The third-order valence-corrected chi connectivity index (χ3v) is 9.26. The molecule has 192 valence electrons. The van der Waals surface area contributed by atoms with E-state index in [1.165, 1.54) is 11.6 Å². The van der Waals surface area contributed by atoms with Gasteiger partial charge in [0, 0.05) is 25.2 Å². The Morgan fingerprint density at radius 2 is 1.59 bits per heavy atom. The number of hydrogen-bond donors (Lipinski definition) is 1. The lowest BCUT2D eigenvalue weighted by Crippen LogP contribution is -2.43. The van der Waals surface area contributed by atoms with Crippen LogP contribution in [0.1, 0.15) is 41.9 Å². The van der Waals surface area contributed by atoms with Crippen LogP contribution in [0.15, 0.2) is 83.8 Å². The summed E-state index contributed by atoms with van der Waals surface area (Å²) < 4.78 is 27.1. The summed E-state index contributed by atoms with van der Waals surface area (Å²) in [7, 11) is -3.75. The van der Waals surface area contributed by atoms with Crippen LogP contribution in [0.5, 0.6) is 0 Å². The molecule has 1 fully saturated rings. The van der Waals surface area contributed by atoms with Crippen LogP contribution in [-0.4, -0.2) is 44.0 Å². The van der Waals surface area contributed by atoms with Crippen LogP contribution in [0.4, 0.5) is 5.69 Å². The van der Waals surface area contributed by atoms with E-state index in [0.717, 1.165) is 24.8 Å². The third-order valence-electron chi connectivity index (χ3n) is 7.51. The normalized spacial score (nSPS) is 17.1. The van der Waals surface area contributed by atoms with E-state index in [0.29, 0.717) is 43.1 Å². The highest BCUT2D eigenvalue weighted by atomic mass is 32.2. The zero-order valence-corrected chi connectivity index (χ0v) is 21.6. The molecule has 0 radical (unpaired) electrons. The van der Waals surface area contributed by atoms with Gasteiger partial charge in [-0.15, -0.1) is 0 Å². The van der Waals surface area contributed by atoms with Crippen molar-refractivity contribution in [3.8, 4) is 0 Å². The number of sulfone groups is 1. The van der Waals surface area contributed by atoms with E-state index in [4.69, 9.17) is 0 Å². The summed E-state index contributed by atoms with van der Waals surface area (Å²) >= 11 is 0. The molecule has 1 unspecified atom stereocenters. The molecule has 6 nitrogen and oxygen atoms in total. The van der Waals surface area contributed by atoms with E-state index in [2.05, 4.69) is 29.6 Å². The van der Waals surface area contributed by atoms with E-state index < -0.39 is 15.8 Å². The molecule has 1 saturated heterocycles. The first-order valence-electron chi connectivity index (χ1n) is 12.9. The minimum atomic E-state index is -3.75. The molecule has 3 aromatic rings. The first kappa shape index (κ1) is 25.2. The van der Waals surface area contributed by atoms with E-state index >= 15 is 0 Å². The number of nitrogens with zero attached hydrogens (tertiary/aromatic N) is 1. The number of benzene rings is 3. The van der Waals surface area contributed by atoms with E-state index in [9.17, 15) is 18.0 Å². The minimum absolute atomic E-state index is 0.0645. The van der Waals surface area contributed by atoms with Crippen molar-refractivity contribution in [2.75, 3.05) is 24.2 Å². The lowest BCUT2D eigenvalue weighted by atomic mass is 9.89. The number of rotatable bonds is 7. The second kappa shape index (κ2) is 10.9. The predicted molar refractivity (Wildman–Crippen MR) is 144 cm³/mol. The second-order valence-corrected chi connectivity index (χ2v) is 12.1. The SMILES string of the molecule is O=C1CCc2cc(S(=O)(=O)CC(C(=O)N3CCC(Cc4ccccc4)CC3)c3ccccc3)ccc2N1. The van der Waals surface area contributed by atoms with E-state index in [1.54, 1.807) is 12.1 Å². The van der Waals surface area contributed by atoms with Gasteiger partial charge in [-0.2, -0.15) is 0 Å². The lowest BCUT2D eigenvalue weighted by Gasteiger charge is -2.34. The molecule has 0 aliphatic carbocycles. The van der Waals surface area contributed by atoms with Gasteiger partial charge in [-0.3, -0.25) is 9.59 Å². The number of amides is 2. The fourth-order valence-electron chi connectivity index (χ4n) is 5.39. The summed E-state index contributed by atoms with van der Waals surface area (Å²) in [6, 6.07) is 24.5. The van der Waals surface area contributed by atoms with Crippen LogP contribution in [-0.2, 0) is 32.3 Å². The molecular weight excluding hydrogens is 484 g/mol. The molecule has 2 amide bonds. The van der Waals surface area contributed by atoms with Crippen LogP contribution in [0, 0.1) is 5.92 Å². The van der Waals surface area contributed by atoms with Crippen molar-refractivity contribution in [2.45, 2.75) is 42.9 Å². The van der Waals surface area contributed by atoms with Gasteiger partial charge >= 0.3 is 0 Å². The third kappa shape index (κ3) is 5.93. The summed E-state index contributed by atoms with van der Waals surface area (Å²) in [5.41, 5.74) is 3.49. The van der Waals surface area contributed by atoms with Crippen LogP contribution >= 0.6 is 0 Å². The molecule has 7 heteroatoms. The number of likely N-dealkylation sites (tertiary alicyclic amines) is 1. The maximum Gasteiger partial charge on any atom is 0.231 e. The number of hydrogen-bond acceptors (Lipinski definition) is 4. The van der Waals surface area contributed by atoms with Gasteiger partial charge in [0.05, 0.1) is 16.6 Å². The predicted octanol–water partition coefficient (Wildman–Crippen LogP) is 4.61. The fraction of sp³-hybridized carbons (Fsp3) is 0.333. The van der Waals surface area contributed by atoms with Crippen LogP contribution in [0.3, 0.4) is 0 Å². The molecule has 0 bridgehead atoms. The number of carbonyl (C=O) groups excluding carboxylic acids is 2. The number of carbonyl (C=O) groups is 2. The fourth-order valence-corrected chi connectivity index (χ4v) is 6.95. The van der Waals surface area contributed by atoms with Gasteiger partial charge in [-0.1, -0.05) is 60.7 Å². The molecule has 1 atom stereocenters. The molecule has 2 aliphatic heterocycles. The molecule has 5 rings (SSSR count). The van der Waals surface area contributed by atoms with Crippen LogP contribution in [0.25, 0.3) is 0 Å². The maximum absolute atomic E-state index is 13.8. The van der Waals surface area contributed by atoms with Gasteiger partial charge < -0.3 is 10.2 Å². The summed E-state index contributed by atoms with van der Waals surface area (Å²) in [5.74, 6) is -0.734. The molecule has 2 aliphatic rings. The number of nitrogens with one attached hydrogen (secondary N) is 1. The van der Waals surface area contributed by atoms with Crippen LogP contribution < -0.4 is 5.32 Å². The standard InChI is InChI=1S/C30H32N2O4S/c33-29-14-11-25-20-26(12-13-28(25)31-29)37(35,36)21-27(24-9-5-2-6-10-24)30(34)32-17-15-23(16-18-32)19-22-7-3-1-4-8-22/h1-10,12-13,20,23,27H,11,14-19,21H2,(H,31,33). The molecule has 2 heterocycles. The van der Waals surface area contributed by atoms with Crippen molar-refractivity contribution < 1.29 is 18.0 Å². The van der Waals surface area contributed by atoms with Crippen molar-refractivity contribution in [3.63, 3.8) is 0 Å². The highest BCUT2D eigenvalue weighted by Gasteiger charge is 2.33. The van der Waals surface area contributed by atoms with Gasteiger partial charge in [0.1, 0.15) is 0 Å². The zero-order valence-electron chi connectivity index (χ0n) is 20.8. The highest BCUT2D eigenvalue weighted by molar-refractivity contribution is 7.91. The van der Waals surface area contributed by atoms with Crippen molar-refractivity contribution in [1.29, 1.82) is 0 Å². The van der Waals surface area contributed by atoms with Gasteiger partial charge in [0.25, 0.3) is 0 Å². The first-order chi connectivity index (χ1) is 17.9. The van der Waals surface area contributed by atoms with Crippen molar-refractivity contribution >= 4 is 27.3 Å². The van der Waals surface area contributed by atoms with Gasteiger partial charge in [0.15, 0.2) is 9.84 Å². The number of anilines is 1. The van der Waals surface area contributed by atoms with E-state index in [1.807, 2.05) is 41.3 Å². The average Bonchev–Trinajstić information content (AvgIpc) is 2.92. The Balaban J connectivity index is 1.32. The summed E-state index contributed by atoms with van der Waals surface area (Å²) in [6.07, 6.45) is 3.65. The van der Waals surface area contributed by atoms with E-state index in [-0.39, 0.29) is 22.5 Å². The quantitative estimate of drug-likeness (QED) is 0.497. The zero-order chi connectivity index (χ0) is 25.8. The molecule has 3 aromatic carbocycles. The largest absolute Gasteiger partial charge is 0.342 e. The van der Waals surface area contributed by atoms with Gasteiger partial charge in [0.2, 0.25) is 11.8 Å². The first-order valence-corrected chi connectivity index (χ1v) is 14.6. The Morgan fingerprint density at radius 3 is 2.30 bits per heavy atom. The summed E-state index contributed by atoms with van der Waals surface area (Å²) in [6.45, 7) is 1.27. The molecule has 0 saturated carbocycles. The minimum Gasteiger partial charge on any atom is -0.342 e. The Kier molecular flexibility index (Phi) is 7.42. The Bertz CT molecular complexity index is 1370. The van der Waals surface area contributed by atoms with Gasteiger partial charge in [-0.25, -0.2) is 8.42 Å². The average molecular weight is 517 g/mol. The molecule has 37 heavy (non-hydrogen) atoms. The Labute approximate surface area is 218 Å². The molecule has 0 aromatic heterocycles. The topological polar surface area (TPSA) is 83.5 Å². The monoisotopic (exact) mass is 516 g/mol. The van der Waals surface area contributed by atoms with Gasteiger partial charge in [-0.05, 0) is 66.5 Å². The lowest BCUT2D eigenvalue weighted by molar-refractivity contribution is -0.133. The number of aryl methyl sites for hydroxylation is 1. The molecule has 0 spiro atoms. The van der Waals surface area contributed by atoms with Crippen molar-refractivity contribution in [1.82, 2.24) is 4.90 Å². The highest BCUT2D eigenvalue weighted by Crippen LogP contribution is 2.30. The van der Waals surface area contributed by atoms with Crippen LogP contribution in [0.2, 0.25) is 0 Å². The molecular formula is C30H32N2O4S. The van der Waals surface area contributed by atoms with Crippen molar-refractivity contribution in [3.05, 3.63) is 95.6 Å². The summed E-state index contributed by atoms with van der Waals surface area (Å²) in [5, 5.41) is 2.79. The molecule has 1 N–H and O–H groups in total. The number of fused-ring (bicyclic) bond motifs is 1. The van der Waals surface area contributed by atoms with Crippen molar-refractivity contribution in [2.24, 2.45) is 5.92 Å².